The number of ether oxygens (including phenoxy) is 2. The van der Waals surface area contributed by atoms with Crippen LogP contribution in [0.1, 0.15) is 15.2 Å². The van der Waals surface area contributed by atoms with E-state index in [2.05, 4.69) is 25.3 Å². The molecule has 0 fully saturated rings. The highest BCUT2D eigenvalue weighted by atomic mass is 79.9. The van der Waals surface area contributed by atoms with Crippen LogP contribution in [0.25, 0.3) is 6.08 Å². The molecule has 8 nitrogen and oxygen atoms in total. The number of hydrogen-bond donors (Lipinski definition) is 1. The average molecular weight is 537 g/mol. The molecule has 0 unspecified atom stereocenters. The first kappa shape index (κ1) is 21.8. The lowest BCUT2D eigenvalue weighted by molar-refractivity contribution is -0.114. The minimum absolute atomic E-state index is 0.00334. The quantitative estimate of drug-likeness (QED) is 0.262. The maximum Gasteiger partial charge on any atom is 0.353 e. The molecule has 4 rings (SSSR count). The Morgan fingerprint density at radius 3 is 2.87 bits per heavy atom. The number of nitrogens with zero attached hydrogens (tertiary/aromatic N) is 3. The Kier molecular flexibility index (Phi) is 6.32. The van der Waals surface area contributed by atoms with Gasteiger partial charge in [0.15, 0.2) is 16.7 Å². The van der Waals surface area contributed by atoms with Crippen LogP contribution >= 0.6 is 51.0 Å². The van der Waals surface area contributed by atoms with Crippen molar-refractivity contribution >= 4 is 85.1 Å². The SMILES string of the molecule is COc1cc(/C=C2/C(=N)N3C(SC)=NSC3=NC2=O)cc(Br)c1OC(=O)c1cccs1. The van der Waals surface area contributed by atoms with Gasteiger partial charge in [-0.05, 0) is 57.4 Å². The number of amides is 1. The Morgan fingerprint density at radius 2 is 2.19 bits per heavy atom. The van der Waals surface area contributed by atoms with Gasteiger partial charge in [0.25, 0.3) is 5.91 Å². The Hall–Kier alpha value is -2.41. The second kappa shape index (κ2) is 8.99. The van der Waals surface area contributed by atoms with Crippen molar-refractivity contribution in [3.8, 4) is 11.5 Å². The van der Waals surface area contributed by atoms with Crippen LogP contribution in [-0.4, -0.2) is 46.3 Å². The van der Waals surface area contributed by atoms with Crippen LogP contribution in [0.3, 0.4) is 0 Å². The Morgan fingerprint density at radius 1 is 1.39 bits per heavy atom. The van der Waals surface area contributed by atoms with Crippen LogP contribution in [-0.2, 0) is 4.79 Å². The molecule has 2 aliphatic heterocycles. The van der Waals surface area contributed by atoms with Gasteiger partial charge in [0.2, 0.25) is 5.17 Å². The smallest absolute Gasteiger partial charge is 0.353 e. The number of rotatable bonds is 4. The fourth-order valence-corrected chi connectivity index (χ4v) is 5.35. The van der Waals surface area contributed by atoms with Gasteiger partial charge in [0.05, 0.1) is 29.1 Å². The van der Waals surface area contributed by atoms with Crippen molar-refractivity contribution in [2.24, 2.45) is 9.39 Å². The standard InChI is InChI=1S/C19H13BrN4O4S3/c1-27-12-8-9(7-11(20)14(12)28-17(26)13-4-3-5-30-13)6-10-15(21)24-18(22-16(10)25)31-23-19(24)29-2/h3-8,21H,1-2H3/b10-6-,21-15?. The summed E-state index contributed by atoms with van der Waals surface area (Å²) < 4.78 is 15.6. The number of carbonyl (C=O) groups is 2. The summed E-state index contributed by atoms with van der Waals surface area (Å²) in [5.74, 6) is -0.503. The molecule has 12 heteroatoms. The molecule has 1 aromatic heterocycles. The van der Waals surface area contributed by atoms with Crippen LogP contribution < -0.4 is 9.47 Å². The molecular formula is C19H13BrN4O4S3. The number of aliphatic imine (C=N–C) groups is 1. The molecule has 0 aliphatic carbocycles. The summed E-state index contributed by atoms with van der Waals surface area (Å²) in [5, 5.41) is 11.2. The molecule has 2 aliphatic rings. The van der Waals surface area contributed by atoms with Crippen LogP contribution in [0.4, 0.5) is 0 Å². The molecule has 0 bridgehead atoms. The lowest BCUT2D eigenvalue weighted by atomic mass is 10.1. The fraction of sp³-hybridized carbons (Fsp3) is 0.105. The predicted molar refractivity (Wildman–Crippen MR) is 128 cm³/mol. The first-order valence-electron chi connectivity index (χ1n) is 8.59. The van der Waals surface area contributed by atoms with E-state index in [9.17, 15) is 9.59 Å². The summed E-state index contributed by atoms with van der Waals surface area (Å²) in [6, 6.07) is 6.73. The second-order valence-electron chi connectivity index (χ2n) is 6.01. The molecule has 158 valence electrons. The van der Waals surface area contributed by atoms with E-state index in [1.165, 1.54) is 35.1 Å². The monoisotopic (exact) mass is 536 g/mol. The van der Waals surface area contributed by atoms with Crippen molar-refractivity contribution in [1.82, 2.24) is 4.90 Å². The van der Waals surface area contributed by atoms with Crippen molar-refractivity contribution in [2.75, 3.05) is 13.4 Å². The van der Waals surface area contributed by atoms with Crippen molar-refractivity contribution < 1.29 is 19.1 Å². The molecule has 1 amide bonds. The molecule has 31 heavy (non-hydrogen) atoms. The summed E-state index contributed by atoms with van der Waals surface area (Å²) >= 11 is 7.12. The number of thioether (sulfide) groups is 1. The first-order valence-corrected chi connectivity index (χ1v) is 12.3. The molecule has 0 saturated heterocycles. The average Bonchev–Trinajstić information content (AvgIpc) is 3.42. The van der Waals surface area contributed by atoms with E-state index in [1.54, 1.807) is 35.7 Å². The molecule has 0 spiro atoms. The Bertz CT molecular complexity index is 1190. The number of benzene rings is 1. The van der Waals surface area contributed by atoms with Crippen molar-refractivity contribution in [1.29, 1.82) is 5.41 Å². The molecule has 0 atom stereocenters. The van der Waals surface area contributed by atoms with Gasteiger partial charge < -0.3 is 9.47 Å². The first-order chi connectivity index (χ1) is 14.9. The van der Waals surface area contributed by atoms with E-state index in [0.717, 1.165) is 11.9 Å². The van der Waals surface area contributed by atoms with Crippen LogP contribution in [0.15, 0.2) is 49.1 Å². The van der Waals surface area contributed by atoms with Gasteiger partial charge >= 0.3 is 5.97 Å². The van der Waals surface area contributed by atoms with E-state index >= 15 is 0 Å². The zero-order valence-electron chi connectivity index (χ0n) is 16.0. The van der Waals surface area contributed by atoms with E-state index in [4.69, 9.17) is 14.9 Å². The highest BCUT2D eigenvalue weighted by Gasteiger charge is 2.37. The zero-order chi connectivity index (χ0) is 22.1. The maximum absolute atomic E-state index is 12.5. The van der Waals surface area contributed by atoms with Gasteiger partial charge in [0.1, 0.15) is 10.7 Å². The lowest BCUT2D eigenvalue weighted by Gasteiger charge is -2.23. The van der Waals surface area contributed by atoms with Gasteiger partial charge in [-0.25, -0.2) is 9.69 Å². The number of esters is 1. The normalized spacial score (nSPS) is 16.9. The summed E-state index contributed by atoms with van der Waals surface area (Å²) in [7, 11) is 1.45. The van der Waals surface area contributed by atoms with Crippen LogP contribution in [0.5, 0.6) is 11.5 Å². The van der Waals surface area contributed by atoms with Crippen LogP contribution in [0, 0.1) is 5.41 Å². The highest BCUT2D eigenvalue weighted by molar-refractivity contribution is 9.10. The number of hydrogen-bond acceptors (Lipinski definition) is 9. The lowest BCUT2D eigenvalue weighted by Crippen LogP contribution is -2.41. The number of fused-ring (bicyclic) bond motifs is 1. The van der Waals surface area contributed by atoms with Crippen LogP contribution in [0.2, 0.25) is 0 Å². The van der Waals surface area contributed by atoms with Gasteiger partial charge in [0, 0.05) is 0 Å². The minimum Gasteiger partial charge on any atom is -0.493 e. The summed E-state index contributed by atoms with van der Waals surface area (Å²) in [6.07, 6.45) is 3.39. The van der Waals surface area contributed by atoms with E-state index in [1.807, 2.05) is 6.26 Å². The molecule has 1 N–H and O–H groups in total. The molecular weight excluding hydrogens is 524 g/mol. The summed E-state index contributed by atoms with van der Waals surface area (Å²) in [4.78, 5) is 30.9. The second-order valence-corrected chi connectivity index (χ2v) is 9.32. The van der Waals surface area contributed by atoms with Crippen molar-refractivity contribution in [3.63, 3.8) is 0 Å². The number of carbonyl (C=O) groups excluding carboxylic acids is 2. The Labute approximate surface area is 198 Å². The number of halogens is 1. The number of nitrogens with one attached hydrogen (secondary N) is 1. The number of amidine groups is 3. The molecule has 3 heterocycles. The third-order valence-electron chi connectivity index (χ3n) is 4.16. The number of methoxy groups -OCH3 is 1. The van der Waals surface area contributed by atoms with Gasteiger partial charge in [-0.2, -0.15) is 9.39 Å². The minimum atomic E-state index is -0.524. The van der Waals surface area contributed by atoms with Gasteiger partial charge in [-0.3, -0.25) is 10.2 Å². The zero-order valence-corrected chi connectivity index (χ0v) is 20.1. The topological polar surface area (TPSA) is 104 Å². The third kappa shape index (κ3) is 4.20. The fourth-order valence-electron chi connectivity index (χ4n) is 2.76. The van der Waals surface area contributed by atoms with E-state index in [-0.39, 0.29) is 17.2 Å². The molecule has 0 saturated carbocycles. The summed E-state index contributed by atoms with van der Waals surface area (Å²) in [6.45, 7) is 0. The maximum atomic E-state index is 12.5. The van der Waals surface area contributed by atoms with Crippen molar-refractivity contribution in [3.05, 3.63) is 50.1 Å². The largest absolute Gasteiger partial charge is 0.493 e. The molecule has 2 aromatic rings. The highest BCUT2D eigenvalue weighted by Crippen LogP contribution is 2.38. The summed E-state index contributed by atoms with van der Waals surface area (Å²) in [5.41, 5.74) is 0.686. The Balaban J connectivity index is 1.67. The van der Waals surface area contributed by atoms with Crippen molar-refractivity contribution in [2.45, 2.75) is 0 Å². The van der Waals surface area contributed by atoms with Gasteiger partial charge in [-0.15, -0.1) is 11.3 Å². The van der Waals surface area contributed by atoms with E-state index in [0.29, 0.717) is 31.0 Å². The van der Waals surface area contributed by atoms with Gasteiger partial charge in [-0.1, -0.05) is 17.8 Å². The molecule has 0 radical (unpaired) electrons. The molecule has 1 aromatic carbocycles. The third-order valence-corrected chi connectivity index (χ3v) is 7.05. The number of thiophene rings is 1. The van der Waals surface area contributed by atoms with E-state index < -0.39 is 11.9 Å². The predicted octanol–water partition coefficient (Wildman–Crippen LogP) is 4.68.